The van der Waals surface area contributed by atoms with Crippen LogP contribution in [0.3, 0.4) is 0 Å². The van der Waals surface area contributed by atoms with Crippen LogP contribution in [0.25, 0.3) is 10.8 Å². The third-order valence-corrected chi connectivity index (χ3v) is 2.47. The van der Waals surface area contributed by atoms with Crippen molar-refractivity contribution in [3.8, 4) is 0 Å². The van der Waals surface area contributed by atoms with Gasteiger partial charge in [-0.05, 0) is 34.8 Å². The number of hydrogen-bond donors (Lipinski definition) is 1. The molecule has 1 N–H and O–H groups in total. The molecular formula is C11H6ClNO3. The van der Waals surface area contributed by atoms with E-state index in [-0.39, 0.29) is 11.3 Å². The van der Waals surface area contributed by atoms with E-state index in [4.69, 9.17) is 16.7 Å². The Labute approximate surface area is 95.4 Å². The molecule has 0 aliphatic heterocycles. The highest BCUT2D eigenvalue weighted by Gasteiger charge is 2.09. The van der Waals surface area contributed by atoms with Crippen LogP contribution in [-0.2, 0) is 0 Å². The maximum atomic E-state index is 10.8. The van der Waals surface area contributed by atoms with Gasteiger partial charge >= 0.3 is 5.97 Å². The zero-order valence-corrected chi connectivity index (χ0v) is 8.73. The van der Waals surface area contributed by atoms with E-state index in [1.807, 2.05) is 0 Å². The summed E-state index contributed by atoms with van der Waals surface area (Å²) < 4.78 is 0. The highest BCUT2D eigenvalue weighted by Crippen LogP contribution is 2.30. The molecule has 80 valence electrons. The van der Waals surface area contributed by atoms with Crippen LogP contribution in [0.1, 0.15) is 10.4 Å². The Morgan fingerprint density at radius 1 is 1.25 bits per heavy atom. The molecule has 0 amide bonds. The molecule has 0 saturated carbocycles. The van der Waals surface area contributed by atoms with Gasteiger partial charge in [-0.1, -0.05) is 17.7 Å². The number of carbonyl (C=O) groups is 1. The van der Waals surface area contributed by atoms with Gasteiger partial charge in [0.1, 0.15) is 5.69 Å². The fraction of sp³-hybridized carbons (Fsp3) is 0. The Balaban J connectivity index is 2.83. The number of aromatic carboxylic acids is 1. The van der Waals surface area contributed by atoms with Crippen molar-refractivity contribution in [3.05, 3.63) is 45.8 Å². The molecule has 0 aliphatic rings. The van der Waals surface area contributed by atoms with Gasteiger partial charge < -0.3 is 5.11 Å². The van der Waals surface area contributed by atoms with Crippen molar-refractivity contribution in [1.82, 2.24) is 0 Å². The van der Waals surface area contributed by atoms with E-state index in [2.05, 4.69) is 5.18 Å². The number of nitroso groups, excluding NO2 is 1. The van der Waals surface area contributed by atoms with Crippen LogP contribution in [0.4, 0.5) is 5.69 Å². The molecule has 0 radical (unpaired) electrons. The van der Waals surface area contributed by atoms with Gasteiger partial charge in [0.2, 0.25) is 0 Å². The summed E-state index contributed by atoms with van der Waals surface area (Å²) in [6.07, 6.45) is 0. The first kappa shape index (κ1) is 10.6. The number of nitrogens with zero attached hydrogens (tertiary/aromatic N) is 1. The van der Waals surface area contributed by atoms with Crippen molar-refractivity contribution < 1.29 is 9.90 Å². The van der Waals surface area contributed by atoms with E-state index >= 15 is 0 Å². The van der Waals surface area contributed by atoms with Crippen LogP contribution in [-0.4, -0.2) is 11.1 Å². The lowest BCUT2D eigenvalue weighted by Gasteiger charge is -2.02. The molecule has 0 saturated heterocycles. The second kappa shape index (κ2) is 3.90. The summed E-state index contributed by atoms with van der Waals surface area (Å²) in [7, 11) is 0. The smallest absolute Gasteiger partial charge is 0.335 e. The number of carboxylic acids is 1. The Bertz CT molecular complexity index is 595. The quantitative estimate of drug-likeness (QED) is 0.809. The van der Waals surface area contributed by atoms with Gasteiger partial charge in [0.15, 0.2) is 0 Å². The summed E-state index contributed by atoms with van der Waals surface area (Å²) in [6, 6.07) is 7.57. The highest BCUT2D eigenvalue weighted by molar-refractivity contribution is 6.31. The van der Waals surface area contributed by atoms with Crippen molar-refractivity contribution in [2.24, 2.45) is 5.18 Å². The molecular weight excluding hydrogens is 230 g/mol. The van der Waals surface area contributed by atoms with Crippen LogP contribution >= 0.6 is 11.6 Å². The second-order valence-electron chi connectivity index (χ2n) is 3.26. The third kappa shape index (κ3) is 1.75. The van der Waals surface area contributed by atoms with E-state index in [0.29, 0.717) is 15.8 Å². The maximum absolute atomic E-state index is 10.8. The summed E-state index contributed by atoms with van der Waals surface area (Å²) in [5.41, 5.74) is 0.113. The maximum Gasteiger partial charge on any atom is 0.335 e. The van der Waals surface area contributed by atoms with E-state index in [0.717, 1.165) is 0 Å². The van der Waals surface area contributed by atoms with Gasteiger partial charge in [-0.15, -0.1) is 4.91 Å². The molecule has 0 bridgehead atoms. The molecule has 0 aromatic heterocycles. The number of fused-ring (bicyclic) bond motifs is 1. The predicted molar refractivity (Wildman–Crippen MR) is 61.4 cm³/mol. The SMILES string of the molecule is O=Nc1cc(C(=O)O)cc2ccc(Cl)cc12. The number of benzene rings is 2. The molecule has 0 spiro atoms. The summed E-state index contributed by atoms with van der Waals surface area (Å²) in [4.78, 5) is 21.4. The van der Waals surface area contributed by atoms with Crippen LogP contribution in [0.2, 0.25) is 5.02 Å². The van der Waals surface area contributed by atoms with Crippen molar-refractivity contribution in [3.63, 3.8) is 0 Å². The van der Waals surface area contributed by atoms with Crippen LogP contribution in [0, 0.1) is 4.91 Å². The molecule has 2 aromatic rings. The lowest BCUT2D eigenvalue weighted by atomic mass is 10.1. The van der Waals surface area contributed by atoms with Crippen LogP contribution < -0.4 is 0 Å². The van der Waals surface area contributed by atoms with Crippen molar-refractivity contribution in [2.45, 2.75) is 0 Å². The highest BCUT2D eigenvalue weighted by atomic mass is 35.5. The molecule has 5 heteroatoms. The minimum atomic E-state index is -1.10. The van der Waals surface area contributed by atoms with Crippen molar-refractivity contribution in [2.75, 3.05) is 0 Å². The van der Waals surface area contributed by atoms with Gasteiger partial charge in [-0.3, -0.25) is 0 Å². The number of rotatable bonds is 2. The number of carboxylic acid groups (broad SMARTS) is 1. The third-order valence-electron chi connectivity index (χ3n) is 2.24. The minimum absolute atomic E-state index is 0.0319. The fourth-order valence-electron chi connectivity index (χ4n) is 1.51. The number of halogens is 1. The van der Waals surface area contributed by atoms with E-state index in [1.54, 1.807) is 18.2 Å². The Kier molecular flexibility index (Phi) is 2.58. The molecule has 0 atom stereocenters. The molecule has 0 heterocycles. The zero-order chi connectivity index (χ0) is 11.7. The topological polar surface area (TPSA) is 66.7 Å². The zero-order valence-electron chi connectivity index (χ0n) is 7.98. The second-order valence-corrected chi connectivity index (χ2v) is 3.69. The van der Waals surface area contributed by atoms with E-state index in [1.165, 1.54) is 12.1 Å². The first-order chi connectivity index (χ1) is 7.61. The molecule has 4 nitrogen and oxygen atoms in total. The van der Waals surface area contributed by atoms with E-state index in [9.17, 15) is 9.70 Å². The standard InChI is InChI=1S/C11H6ClNO3/c12-8-2-1-6-3-7(11(14)15)4-10(13-16)9(6)5-8/h1-5H,(H,14,15). The van der Waals surface area contributed by atoms with E-state index < -0.39 is 5.97 Å². The Morgan fingerprint density at radius 2 is 2.00 bits per heavy atom. The normalized spacial score (nSPS) is 10.3. The molecule has 0 fully saturated rings. The summed E-state index contributed by atoms with van der Waals surface area (Å²) in [5, 5.41) is 13.3. The van der Waals surface area contributed by atoms with Crippen molar-refractivity contribution in [1.29, 1.82) is 0 Å². The monoisotopic (exact) mass is 235 g/mol. The first-order valence-corrected chi connectivity index (χ1v) is 4.79. The fourth-order valence-corrected chi connectivity index (χ4v) is 1.68. The van der Waals surface area contributed by atoms with Gasteiger partial charge in [0.05, 0.1) is 5.56 Å². The molecule has 2 rings (SSSR count). The predicted octanol–water partition coefficient (Wildman–Crippen LogP) is 3.59. The van der Waals surface area contributed by atoms with Gasteiger partial charge in [0, 0.05) is 10.4 Å². The average molecular weight is 236 g/mol. The largest absolute Gasteiger partial charge is 0.478 e. The van der Waals surface area contributed by atoms with Crippen molar-refractivity contribution >= 4 is 34.0 Å². The van der Waals surface area contributed by atoms with Gasteiger partial charge in [-0.25, -0.2) is 4.79 Å². The van der Waals surface area contributed by atoms with Gasteiger partial charge in [0.25, 0.3) is 0 Å². The van der Waals surface area contributed by atoms with Gasteiger partial charge in [-0.2, -0.15) is 0 Å². The Hall–Kier alpha value is -1.94. The first-order valence-electron chi connectivity index (χ1n) is 4.42. The minimum Gasteiger partial charge on any atom is -0.478 e. The lowest BCUT2D eigenvalue weighted by molar-refractivity contribution is 0.0697. The average Bonchev–Trinajstić information content (AvgIpc) is 2.27. The Morgan fingerprint density at radius 3 is 2.62 bits per heavy atom. The lowest BCUT2D eigenvalue weighted by Crippen LogP contribution is -1.95. The summed E-state index contributed by atoms with van der Waals surface area (Å²) in [5.74, 6) is -1.10. The number of hydrogen-bond acceptors (Lipinski definition) is 3. The van der Waals surface area contributed by atoms with Crippen LogP contribution in [0.5, 0.6) is 0 Å². The summed E-state index contributed by atoms with van der Waals surface area (Å²) in [6.45, 7) is 0. The molecule has 2 aromatic carbocycles. The molecule has 16 heavy (non-hydrogen) atoms. The van der Waals surface area contributed by atoms with Crippen LogP contribution in [0.15, 0.2) is 35.5 Å². The summed E-state index contributed by atoms with van der Waals surface area (Å²) >= 11 is 5.79. The molecule has 0 aliphatic carbocycles. The molecule has 0 unspecified atom stereocenters.